The van der Waals surface area contributed by atoms with Crippen LogP contribution in [0.2, 0.25) is 0 Å². The number of methoxy groups -OCH3 is 1. The van der Waals surface area contributed by atoms with Gasteiger partial charge in [-0.2, -0.15) is 0 Å². The maximum atomic E-state index is 11.9. The molecule has 4 heterocycles. The van der Waals surface area contributed by atoms with E-state index in [9.17, 15) is 61.3 Å². The van der Waals surface area contributed by atoms with E-state index in [0.29, 0.717) is 43.4 Å². The third kappa shape index (κ3) is 8.85. The first-order valence-electron chi connectivity index (χ1n) is 24.3. The van der Waals surface area contributed by atoms with Crippen LogP contribution >= 0.6 is 0 Å². The molecule has 0 aromatic carbocycles. The molecule has 66 heavy (non-hydrogen) atoms. The quantitative estimate of drug-likeness (QED) is 0.0826. The van der Waals surface area contributed by atoms with Crippen LogP contribution < -0.4 is 0 Å². The summed E-state index contributed by atoms with van der Waals surface area (Å²) in [5.74, 6) is 0.942. The molecular weight excluding hydrogens is 872 g/mol. The number of hydrogen-bond donors (Lipinski definition) is 12. The number of ether oxygens (including phenoxy) is 8. The Labute approximate surface area is 386 Å². The number of aliphatic hydroxyl groups excluding tert-OH is 12. The van der Waals surface area contributed by atoms with Crippen LogP contribution in [-0.2, 0) is 37.9 Å². The van der Waals surface area contributed by atoms with Crippen molar-refractivity contribution in [3.8, 4) is 0 Å². The molecule has 28 atom stereocenters. The molecule has 20 heteroatoms. The van der Waals surface area contributed by atoms with Crippen molar-refractivity contribution in [1.29, 1.82) is 0 Å². The Kier molecular flexibility index (Phi) is 15.6. The summed E-state index contributed by atoms with van der Waals surface area (Å²) in [6, 6.07) is 0. The summed E-state index contributed by atoms with van der Waals surface area (Å²) in [5.41, 5.74) is -0.199. The van der Waals surface area contributed by atoms with Crippen LogP contribution in [0.1, 0.15) is 85.5 Å². The molecular formula is C46H78O20. The molecule has 12 N–H and O–H groups in total. The number of rotatable bonds is 14. The molecule has 0 bridgehead atoms. The highest BCUT2D eigenvalue weighted by Crippen LogP contribution is 2.71. The second-order valence-corrected chi connectivity index (χ2v) is 21.8. The maximum Gasteiger partial charge on any atom is 0.187 e. The van der Waals surface area contributed by atoms with Gasteiger partial charge in [-0.3, -0.25) is 0 Å². The zero-order chi connectivity index (χ0) is 47.8. The van der Waals surface area contributed by atoms with Crippen molar-refractivity contribution in [2.75, 3.05) is 33.5 Å². The van der Waals surface area contributed by atoms with Gasteiger partial charge in [0.1, 0.15) is 73.2 Å². The van der Waals surface area contributed by atoms with Crippen LogP contribution in [0.4, 0.5) is 0 Å². The minimum atomic E-state index is -1.80. The first-order valence-corrected chi connectivity index (χ1v) is 24.3. The lowest BCUT2D eigenvalue weighted by molar-refractivity contribution is -0.376. The zero-order valence-electron chi connectivity index (χ0n) is 38.8. The SMILES string of the molecule is COC1(CC[C@@H](C)CO[C@@H]2O[C@H](CO)[C@@H](O)[C@H](O)[C@H]2O)OC2C[C@H]3[C@@H]4CC[C@@H]5C[C@@H](O[C@@H]6O[C@H](CO)[C@@H](O)[C@H](O)[C@H]6O[C@@H]6O[C@H](CO)[C@H](O)[C@H](O)[C@H]6O)[C@@H](O)C[C@]5(C)[C@H]4CC[C@]3(C)C2[C@@H]1C. The van der Waals surface area contributed by atoms with Gasteiger partial charge in [-0.15, -0.1) is 0 Å². The van der Waals surface area contributed by atoms with E-state index in [1.165, 1.54) is 0 Å². The fourth-order valence-electron chi connectivity index (χ4n) is 14.5. The largest absolute Gasteiger partial charge is 0.394 e. The molecule has 4 saturated carbocycles. The van der Waals surface area contributed by atoms with E-state index in [4.69, 9.17) is 37.9 Å². The fraction of sp³-hybridized carbons (Fsp3) is 1.00. The molecule has 0 aromatic rings. The zero-order valence-corrected chi connectivity index (χ0v) is 38.8. The van der Waals surface area contributed by atoms with Gasteiger partial charge < -0.3 is 99.2 Å². The van der Waals surface area contributed by atoms with Gasteiger partial charge in [0.2, 0.25) is 0 Å². The smallest absolute Gasteiger partial charge is 0.187 e. The molecule has 4 aliphatic heterocycles. The lowest BCUT2D eigenvalue weighted by atomic mass is 9.44. The third-order valence-electron chi connectivity index (χ3n) is 18.3. The van der Waals surface area contributed by atoms with Crippen LogP contribution in [0.5, 0.6) is 0 Å². The summed E-state index contributed by atoms with van der Waals surface area (Å²) < 4.78 is 48.5. The second kappa shape index (κ2) is 20.0. The number of aliphatic hydroxyl groups is 12. The first-order chi connectivity index (χ1) is 31.3. The van der Waals surface area contributed by atoms with Gasteiger partial charge in [-0.25, -0.2) is 0 Å². The molecule has 0 aromatic heterocycles. The summed E-state index contributed by atoms with van der Waals surface area (Å²) in [5, 5.41) is 125. The molecule has 0 radical (unpaired) electrons. The van der Waals surface area contributed by atoms with Crippen molar-refractivity contribution in [2.45, 2.75) is 202 Å². The highest BCUT2D eigenvalue weighted by Gasteiger charge is 2.69. The van der Waals surface area contributed by atoms with Gasteiger partial charge >= 0.3 is 0 Å². The summed E-state index contributed by atoms with van der Waals surface area (Å²) in [6.45, 7) is 7.32. The topological polar surface area (TPSA) is 317 Å². The van der Waals surface area contributed by atoms with Crippen LogP contribution in [0.15, 0.2) is 0 Å². The first kappa shape index (κ1) is 51.6. The van der Waals surface area contributed by atoms with Crippen LogP contribution in [0, 0.1) is 52.3 Å². The standard InChI is InChI=1S/C46H78O20/c1-19(18-60-41-38(57)35(54)32(51)28(15-47)62-41)8-11-46(59-5)20(2)31-27(66-46)13-24-22-7-6-21-12-26(25(50)14-45(21,4)23(22)9-10-44(24,31)3)61-43-40(37(56)34(53)30(17-49)64-43)65-42-39(58)36(55)33(52)29(16-48)63-42/h19-43,47-58H,6-18H2,1-5H3/t19-,20+,21-,22-,23+,24+,25+,26-,27?,28-,29-,30-,31?,32-,33+,34-,35+,36+,37+,38-,39-,40-,41-,42+,43-,44+,45+,46?/m1/s1. The van der Waals surface area contributed by atoms with Gasteiger partial charge in [0.05, 0.1) is 44.7 Å². The fourth-order valence-corrected chi connectivity index (χ4v) is 14.5. The number of hydrogen-bond acceptors (Lipinski definition) is 20. The highest BCUT2D eigenvalue weighted by molar-refractivity contribution is 5.16. The Hall–Kier alpha value is -0.800. The van der Waals surface area contributed by atoms with Crippen molar-refractivity contribution in [3.05, 3.63) is 0 Å². The molecule has 20 nitrogen and oxygen atoms in total. The van der Waals surface area contributed by atoms with E-state index in [1.54, 1.807) is 7.11 Å². The maximum absolute atomic E-state index is 11.9. The molecule has 3 unspecified atom stereocenters. The molecule has 0 amide bonds. The molecule has 382 valence electrons. The minimum Gasteiger partial charge on any atom is -0.394 e. The minimum absolute atomic E-state index is 0.00426. The Morgan fingerprint density at radius 3 is 1.86 bits per heavy atom. The van der Waals surface area contributed by atoms with Crippen molar-refractivity contribution < 1.29 is 99.2 Å². The lowest BCUT2D eigenvalue weighted by Gasteiger charge is -2.62. The molecule has 0 spiro atoms. The Balaban J connectivity index is 0.896. The molecule has 4 aliphatic carbocycles. The van der Waals surface area contributed by atoms with Gasteiger partial charge in [-0.1, -0.05) is 27.7 Å². The summed E-state index contributed by atoms with van der Waals surface area (Å²) in [4.78, 5) is 0. The molecule has 8 rings (SSSR count). The van der Waals surface area contributed by atoms with Crippen molar-refractivity contribution >= 4 is 0 Å². The van der Waals surface area contributed by atoms with Gasteiger partial charge in [0.15, 0.2) is 24.7 Å². The molecule has 8 fully saturated rings. The summed E-state index contributed by atoms with van der Waals surface area (Å²) in [6.07, 6.45) is -17.0. The monoisotopic (exact) mass is 951 g/mol. The molecule has 4 saturated heterocycles. The average molecular weight is 951 g/mol. The van der Waals surface area contributed by atoms with Gasteiger partial charge in [-0.05, 0) is 97.7 Å². The highest BCUT2D eigenvalue weighted by atomic mass is 16.8. The normalized spacial score (nSPS) is 55.4. The van der Waals surface area contributed by atoms with Crippen LogP contribution in [0.25, 0.3) is 0 Å². The second-order valence-electron chi connectivity index (χ2n) is 21.8. The van der Waals surface area contributed by atoms with E-state index in [1.807, 2.05) is 6.92 Å². The van der Waals surface area contributed by atoms with Crippen LogP contribution in [-0.4, -0.2) is 211 Å². The van der Waals surface area contributed by atoms with E-state index in [-0.39, 0.29) is 47.2 Å². The van der Waals surface area contributed by atoms with E-state index < -0.39 is 130 Å². The van der Waals surface area contributed by atoms with Crippen molar-refractivity contribution in [1.82, 2.24) is 0 Å². The van der Waals surface area contributed by atoms with Gasteiger partial charge in [0, 0.05) is 19.4 Å². The average Bonchev–Trinajstić information content (AvgIpc) is 3.76. The van der Waals surface area contributed by atoms with E-state index in [0.717, 1.165) is 32.1 Å². The van der Waals surface area contributed by atoms with Gasteiger partial charge in [0.25, 0.3) is 0 Å². The van der Waals surface area contributed by atoms with Crippen molar-refractivity contribution in [2.24, 2.45) is 52.3 Å². The van der Waals surface area contributed by atoms with E-state index in [2.05, 4.69) is 20.8 Å². The Morgan fingerprint density at radius 2 is 1.24 bits per heavy atom. The third-order valence-corrected chi connectivity index (χ3v) is 18.3. The predicted molar refractivity (Wildman–Crippen MR) is 225 cm³/mol. The number of fused-ring (bicyclic) bond motifs is 7. The van der Waals surface area contributed by atoms with Crippen molar-refractivity contribution in [3.63, 3.8) is 0 Å². The Morgan fingerprint density at radius 1 is 0.652 bits per heavy atom. The predicted octanol–water partition coefficient (Wildman–Crippen LogP) is -2.15. The lowest BCUT2D eigenvalue weighted by Crippen LogP contribution is -2.65. The molecule has 8 aliphatic rings. The summed E-state index contributed by atoms with van der Waals surface area (Å²) in [7, 11) is 1.71. The van der Waals surface area contributed by atoms with E-state index >= 15 is 0 Å². The summed E-state index contributed by atoms with van der Waals surface area (Å²) >= 11 is 0. The van der Waals surface area contributed by atoms with Crippen LogP contribution in [0.3, 0.4) is 0 Å². The Bertz CT molecular complexity index is 1610.